The molecule has 22 heteroatoms. The topological polar surface area (TPSA) is 231 Å². The molecule has 3 aromatic rings. The maximum absolute atomic E-state index is 12.6. The number of nitrogens with one attached hydrogen (secondary N) is 3. The predicted octanol–water partition coefficient (Wildman–Crippen LogP) is 6.03. The lowest BCUT2D eigenvalue weighted by Crippen LogP contribution is -2.23. The molecule has 1 aromatic heterocycles. The van der Waals surface area contributed by atoms with Crippen molar-refractivity contribution in [2.24, 2.45) is 0 Å². The number of nitro benzene ring substituents is 1. The maximum atomic E-state index is 12.6. The summed E-state index contributed by atoms with van der Waals surface area (Å²) in [6.45, 7) is 8.14. The van der Waals surface area contributed by atoms with Gasteiger partial charge in [-0.1, -0.05) is 11.6 Å². The van der Waals surface area contributed by atoms with E-state index in [0.29, 0.717) is 11.9 Å². The summed E-state index contributed by atoms with van der Waals surface area (Å²) < 4.78 is 58.4. The van der Waals surface area contributed by atoms with E-state index in [0.717, 1.165) is 24.7 Å². The Morgan fingerprint density at radius 1 is 1.06 bits per heavy atom. The highest BCUT2D eigenvalue weighted by Gasteiger charge is 2.31. The molecule has 0 radical (unpaired) electrons. The van der Waals surface area contributed by atoms with Crippen LogP contribution >= 0.6 is 30.8 Å². The molecule has 0 saturated heterocycles. The summed E-state index contributed by atoms with van der Waals surface area (Å²) in [5, 5.41) is 27.0. The number of carbonyl (C=O) groups is 1. The number of halogens is 5. The second-order valence-electron chi connectivity index (χ2n) is 9.29. The predicted molar refractivity (Wildman–Crippen MR) is 171 cm³/mol. The number of benzene rings is 2. The summed E-state index contributed by atoms with van der Waals surface area (Å²) in [5.41, 5.74) is -1.15. The van der Waals surface area contributed by atoms with E-state index in [9.17, 15) is 32.6 Å². The monoisotopic (exact) mass is 745 g/mol. The van der Waals surface area contributed by atoms with E-state index in [1.165, 1.54) is 18.2 Å². The van der Waals surface area contributed by atoms with Gasteiger partial charge in [0.05, 0.1) is 34.9 Å². The Balaban J connectivity index is 0.000000406. The Kier molecular flexibility index (Phi) is 17.3. The molecule has 1 heterocycles. The number of aromatic nitrogens is 3. The van der Waals surface area contributed by atoms with E-state index in [1.54, 1.807) is 6.92 Å². The average molecular weight is 746 g/mol. The smallest absolute Gasteiger partial charge is 0.416 e. The highest BCUT2D eigenvalue weighted by Crippen LogP contribution is 2.38. The molecular formula is C26H33Cl2F3N7O9P. The standard InChI is InChI=1S/C15H11ClF3NO4.C8H14ClN5.C3H8NO5P/c1-2-23-14-8-10(4-5-12(14)20(21)22)24-13-6-3-9(7-11(13)16)15(17,18)19;1-4-10-7-12-6(9)13-8(14-7)11-5(2)3;5-3(6)1-4-2-10(7,8)9/h3-8H,2H2,1H3;5H,4H2,1-3H3,(H2,10,11,12,13,14);4H,1-2H2,(H,5,6)(H2,7,8,9). The summed E-state index contributed by atoms with van der Waals surface area (Å²) in [7, 11) is -4.10. The van der Waals surface area contributed by atoms with E-state index >= 15 is 0 Å². The molecule has 6 N–H and O–H groups in total. The van der Waals surface area contributed by atoms with Crippen molar-refractivity contribution in [2.75, 3.05) is 36.6 Å². The lowest BCUT2D eigenvalue weighted by atomic mass is 10.2. The number of nitro groups is 1. The van der Waals surface area contributed by atoms with Crippen LogP contribution < -0.4 is 25.4 Å². The van der Waals surface area contributed by atoms with Crippen molar-refractivity contribution in [3.8, 4) is 17.2 Å². The van der Waals surface area contributed by atoms with Crippen molar-refractivity contribution >= 4 is 54.4 Å². The Bertz CT molecular complexity index is 1570. The Morgan fingerprint density at radius 2 is 1.71 bits per heavy atom. The van der Waals surface area contributed by atoms with E-state index in [1.807, 2.05) is 20.8 Å². The number of ether oxygens (including phenoxy) is 2. The quantitative estimate of drug-likeness (QED) is 0.0666. The molecular weight excluding hydrogens is 713 g/mol. The molecule has 266 valence electrons. The van der Waals surface area contributed by atoms with Gasteiger partial charge in [-0.15, -0.1) is 0 Å². The second-order valence-corrected chi connectivity index (χ2v) is 11.7. The van der Waals surface area contributed by atoms with Crippen LogP contribution in [0.3, 0.4) is 0 Å². The molecule has 0 amide bonds. The van der Waals surface area contributed by atoms with E-state index in [4.69, 9.17) is 47.6 Å². The summed E-state index contributed by atoms with van der Waals surface area (Å²) in [6.07, 6.45) is -5.11. The maximum Gasteiger partial charge on any atom is 0.416 e. The van der Waals surface area contributed by atoms with Crippen LogP contribution in [-0.2, 0) is 15.5 Å². The second kappa shape index (κ2) is 19.7. The molecule has 2 aromatic carbocycles. The average Bonchev–Trinajstić information content (AvgIpc) is 2.93. The minimum Gasteiger partial charge on any atom is -0.487 e. The van der Waals surface area contributed by atoms with Gasteiger partial charge >= 0.3 is 25.4 Å². The summed E-state index contributed by atoms with van der Waals surface area (Å²) in [5.74, 6) is -0.0326. The third-order valence-corrected chi connectivity index (χ3v) is 5.97. The van der Waals surface area contributed by atoms with Crippen LogP contribution in [0.4, 0.5) is 30.8 Å². The Hall–Kier alpha value is -4.00. The van der Waals surface area contributed by atoms with Crippen molar-refractivity contribution in [1.29, 1.82) is 0 Å². The molecule has 0 aliphatic carbocycles. The molecule has 3 rings (SSSR count). The van der Waals surface area contributed by atoms with E-state index < -0.39 is 43.1 Å². The molecule has 0 aliphatic rings. The van der Waals surface area contributed by atoms with Crippen molar-refractivity contribution < 1.29 is 51.8 Å². The Labute approximate surface area is 282 Å². The van der Waals surface area contributed by atoms with Crippen LogP contribution in [-0.4, -0.2) is 72.8 Å². The number of anilines is 2. The molecule has 0 saturated carbocycles. The first-order valence-corrected chi connectivity index (χ1v) is 16.2. The number of carboxylic acids is 1. The molecule has 0 fully saturated rings. The van der Waals surface area contributed by atoms with Crippen LogP contribution in [0.2, 0.25) is 10.3 Å². The lowest BCUT2D eigenvalue weighted by Gasteiger charge is -2.12. The zero-order chi connectivity index (χ0) is 36.7. The third-order valence-electron chi connectivity index (χ3n) is 4.87. The van der Waals surface area contributed by atoms with Crippen molar-refractivity contribution in [2.45, 2.75) is 39.9 Å². The van der Waals surface area contributed by atoms with Gasteiger partial charge in [-0.25, -0.2) is 0 Å². The molecule has 48 heavy (non-hydrogen) atoms. The van der Waals surface area contributed by atoms with Crippen molar-refractivity contribution in [3.63, 3.8) is 0 Å². The van der Waals surface area contributed by atoms with E-state index in [2.05, 4.69) is 30.9 Å². The van der Waals surface area contributed by atoms with E-state index in [-0.39, 0.29) is 45.9 Å². The lowest BCUT2D eigenvalue weighted by molar-refractivity contribution is -0.385. The number of rotatable bonds is 13. The summed E-state index contributed by atoms with van der Waals surface area (Å²) in [6, 6.07) is 6.67. The Morgan fingerprint density at radius 3 is 2.21 bits per heavy atom. The first-order chi connectivity index (χ1) is 22.2. The largest absolute Gasteiger partial charge is 0.487 e. The van der Waals surface area contributed by atoms with Crippen LogP contribution in [0, 0.1) is 10.1 Å². The summed E-state index contributed by atoms with van der Waals surface area (Å²) >= 11 is 11.5. The van der Waals surface area contributed by atoms with Gasteiger partial charge in [-0.05, 0) is 63.6 Å². The van der Waals surface area contributed by atoms with Crippen LogP contribution in [0.5, 0.6) is 17.2 Å². The van der Waals surface area contributed by atoms with Gasteiger partial charge in [0, 0.05) is 24.7 Å². The minimum atomic E-state index is -4.52. The SMILES string of the molecule is CCNc1nc(Cl)nc(NC(C)C)n1.CCOc1cc(Oc2ccc(C(F)(F)F)cc2Cl)ccc1[N+](=O)[O-].O=C(O)CNCP(=O)(O)O. The zero-order valence-corrected chi connectivity index (χ0v) is 28.2. The van der Waals surface area contributed by atoms with Gasteiger partial charge in [0.15, 0.2) is 0 Å². The number of alkyl halides is 3. The third kappa shape index (κ3) is 16.7. The minimum absolute atomic E-state index is 0.0111. The van der Waals surface area contributed by atoms with Crippen LogP contribution in [0.15, 0.2) is 36.4 Å². The fourth-order valence-corrected chi connectivity index (χ4v) is 3.87. The van der Waals surface area contributed by atoms with Gasteiger partial charge in [-0.2, -0.15) is 28.1 Å². The first-order valence-electron chi connectivity index (χ1n) is 13.6. The molecule has 0 bridgehead atoms. The molecule has 0 spiro atoms. The van der Waals surface area contributed by atoms with Crippen molar-refractivity contribution in [3.05, 3.63) is 62.4 Å². The first kappa shape index (κ1) is 42.0. The van der Waals surface area contributed by atoms with Gasteiger partial charge in [0.25, 0.3) is 0 Å². The zero-order valence-electron chi connectivity index (χ0n) is 25.8. The summed E-state index contributed by atoms with van der Waals surface area (Å²) in [4.78, 5) is 48.4. The normalized spacial score (nSPS) is 11.0. The highest BCUT2D eigenvalue weighted by molar-refractivity contribution is 7.51. The van der Waals surface area contributed by atoms with Crippen LogP contribution in [0.1, 0.15) is 33.3 Å². The number of nitrogens with zero attached hydrogens (tertiary/aromatic N) is 4. The number of hydrogen-bond acceptors (Lipinski definition) is 12. The fraction of sp³-hybridized carbons (Fsp3) is 0.385. The molecule has 0 atom stereocenters. The van der Waals surface area contributed by atoms with Gasteiger partial charge in [0.1, 0.15) is 11.5 Å². The fourth-order valence-electron chi connectivity index (χ4n) is 3.09. The van der Waals surface area contributed by atoms with Gasteiger partial charge in [-0.3, -0.25) is 24.8 Å². The number of hydrogen-bond donors (Lipinski definition) is 6. The number of carboxylic acid groups (broad SMARTS) is 1. The van der Waals surface area contributed by atoms with Gasteiger partial charge in [0.2, 0.25) is 22.9 Å². The molecule has 0 aliphatic heterocycles. The highest BCUT2D eigenvalue weighted by atomic mass is 35.5. The number of aliphatic carboxylic acids is 1. The van der Waals surface area contributed by atoms with Crippen molar-refractivity contribution in [1.82, 2.24) is 20.3 Å². The molecule has 0 unspecified atom stereocenters. The van der Waals surface area contributed by atoms with Gasteiger partial charge < -0.3 is 35.0 Å². The van der Waals surface area contributed by atoms with Crippen LogP contribution in [0.25, 0.3) is 0 Å². The molecule has 16 nitrogen and oxygen atoms in total.